The predicted molar refractivity (Wildman–Crippen MR) is 59.9 cm³/mol. The number of aromatic nitrogens is 3. The van der Waals surface area contributed by atoms with Crippen LogP contribution in [0.15, 0.2) is 23.1 Å². The van der Waals surface area contributed by atoms with Crippen molar-refractivity contribution < 1.29 is 4.42 Å². The summed E-state index contributed by atoms with van der Waals surface area (Å²) in [6, 6.07) is 2.05. The topological polar surface area (TPSA) is 55.9 Å². The molecule has 0 unspecified atom stereocenters. The molecule has 2 rings (SSSR count). The van der Waals surface area contributed by atoms with Gasteiger partial charge in [0.2, 0.25) is 0 Å². The van der Waals surface area contributed by atoms with E-state index in [1.807, 2.05) is 6.07 Å². The number of rotatable bonds is 5. The van der Waals surface area contributed by atoms with Gasteiger partial charge >= 0.3 is 0 Å². The molecule has 0 saturated carbocycles. The monoisotopic (exact) mass is 220 g/mol. The summed E-state index contributed by atoms with van der Waals surface area (Å²) in [6.45, 7) is 6.49. The number of hydrogen-bond acceptors (Lipinski definition) is 4. The zero-order valence-corrected chi connectivity index (χ0v) is 9.60. The third-order valence-electron chi connectivity index (χ3n) is 2.39. The molecule has 0 bridgehead atoms. The van der Waals surface area contributed by atoms with E-state index in [0.29, 0.717) is 6.54 Å². The van der Waals surface area contributed by atoms with E-state index in [-0.39, 0.29) is 0 Å². The first-order chi connectivity index (χ1) is 7.79. The van der Waals surface area contributed by atoms with Gasteiger partial charge in [0.1, 0.15) is 30.7 Å². The maximum atomic E-state index is 5.74. The molecular formula is C11H16N4O. The Morgan fingerprint density at radius 3 is 3.06 bits per heavy atom. The van der Waals surface area contributed by atoms with Gasteiger partial charge in [0, 0.05) is 0 Å². The summed E-state index contributed by atoms with van der Waals surface area (Å²) < 4.78 is 7.48. The minimum Gasteiger partial charge on any atom is -0.462 e. The van der Waals surface area contributed by atoms with Crippen molar-refractivity contribution in [2.75, 3.05) is 6.54 Å². The van der Waals surface area contributed by atoms with Crippen molar-refractivity contribution in [3.63, 3.8) is 0 Å². The largest absolute Gasteiger partial charge is 0.462 e. The van der Waals surface area contributed by atoms with Gasteiger partial charge in [-0.1, -0.05) is 6.92 Å². The van der Waals surface area contributed by atoms with Gasteiger partial charge in [-0.2, -0.15) is 5.10 Å². The average Bonchev–Trinajstić information content (AvgIpc) is 2.86. The van der Waals surface area contributed by atoms with Crippen molar-refractivity contribution in [3.05, 3.63) is 35.8 Å². The number of aryl methyl sites for hydroxylation is 1. The molecule has 0 fully saturated rings. The second-order valence-corrected chi connectivity index (χ2v) is 3.69. The first kappa shape index (κ1) is 10.9. The standard InChI is InChI=1S/C11H16N4O/c1-3-12-5-11-9(2)4-10(16-11)6-15-8-13-7-14-15/h4,7-8,12H,3,5-6H2,1-2H3. The van der Waals surface area contributed by atoms with E-state index in [2.05, 4.69) is 29.2 Å². The summed E-state index contributed by atoms with van der Waals surface area (Å²) in [7, 11) is 0. The van der Waals surface area contributed by atoms with Crippen LogP contribution in [0.2, 0.25) is 0 Å². The highest BCUT2D eigenvalue weighted by atomic mass is 16.3. The first-order valence-corrected chi connectivity index (χ1v) is 5.41. The van der Waals surface area contributed by atoms with Gasteiger partial charge in [-0.05, 0) is 25.1 Å². The quantitative estimate of drug-likeness (QED) is 0.826. The molecule has 5 heteroatoms. The lowest BCUT2D eigenvalue weighted by molar-refractivity contribution is 0.430. The Morgan fingerprint density at radius 1 is 1.50 bits per heavy atom. The number of furan rings is 1. The second-order valence-electron chi connectivity index (χ2n) is 3.69. The molecule has 0 saturated heterocycles. The van der Waals surface area contributed by atoms with Gasteiger partial charge in [-0.25, -0.2) is 9.67 Å². The van der Waals surface area contributed by atoms with E-state index in [4.69, 9.17) is 4.42 Å². The van der Waals surface area contributed by atoms with Crippen molar-refractivity contribution in [1.82, 2.24) is 20.1 Å². The van der Waals surface area contributed by atoms with Gasteiger partial charge in [-0.3, -0.25) is 0 Å². The fraction of sp³-hybridized carbons (Fsp3) is 0.455. The molecule has 1 N–H and O–H groups in total. The van der Waals surface area contributed by atoms with Gasteiger partial charge in [0.05, 0.1) is 6.54 Å². The maximum absolute atomic E-state index is 5.74. The summed E-state index contributed by atoms with van der Waals surface area (Å²) in [4.78, 5) is 3.90. The molecule has 0 aliphatic heterocycles. The lowest BCUT2D eigenvalue weighted by atomic mass is 10.2. The summed E-state index contributed by atoms with van der Waals surface area (Å²) in [5.74, 6) is 1.91. The molecule has 0 radical (unpaired) electrons. The Bertz CT molecular complexity index is 433. The molecule has 16 heavy (non-hydrogen) atoms. The molecule has 0 aliphatic carbocycles. The fourth-order valence-electron chi connectivity index (χ4n) is 1.56. The molecule has 0 aliphatic rings. The first-order valence-electron chi connectivity index (χ1n) is 5.41. The number of hydrogen-bond donors (Lipinski definition) is 1. The summed E-state index contributed by atoms with van der Waals surface area (Å²) in [6.07, 6.45) is 3.21. The molecule has 0 atom stereocenters. The van der Waals surface area contributed by atoms with E-state index in [0.717, 1.165) is 24.6 Å². The van der Waals surface area contributed by atoms with Gasteiger partial charge in [0.25, 0.3) is 0 Å². The van der Waals surface area contributed by atoms with Crippen LogP contribution in [-0.4, -0.2) is 21.3 Å². The molecule has 86 valence electrons. The van der Waals surface area contributed by atoms with Gasteiger partial charge in [0.15, 0.2) is 0 Å². The van der Waals surface area contributed by atoms with Crippen molar-refractivity contribution >= 4 is 0 Å². The molecule has 5 nitrogen and oxygen atoms in total. The zero-order chi connectivity index (χ0) is 11.4. The Balaban J connectivity index is 2.05. The van der Waals surface area contributed by atoms with Crippen LogP contribution in [0.25, 0.3) is 0 Å². The van der Waals surface area contributed by atoms with Gasteiger partial charge in [-0.15, -0.1) is 0 Å². The highest BCUT2D eigenvalue weighted by Crippen LogP contribution is 2.15. The molecule has 0 aromatic carbocycles. The molecule has 2 aromatic heterocycles. The third-order valence-corrected chi connectivity index (χ3v) is 2.39. The van der Waals surface area contributed by atoms with Crippen LogP contribution in [0.1, 0.15) is 24.0 Å². The van der Waals surface area contributed by atoms with Crippen LogP contribution >= 0.6 is 0 Å². The summed E-state index contributed by atoms with van der Waals surface area (Å²) in [5, 5.41) is 7.29. The molecule has 2 aromatic rings. The van der Waals surface area contributed by atoms with Crippen LogP contribution in [-0.2, 0) is 13.1 Å². The van der Waals surface area contributed by atoms with E-state index in [9.17, 15) is 0 Å². The van der Waals surface area contributed by atoms with Crippen LogP contribution in [0.3, 0.4) is 0 Å². The van der Waals surface area contributed by atoms with Crippen molar-refractivity contribution in [2.24, 2.45) is 0 Å². The minimum absolute atomic E-state index is 0.632. The van der Waals surface area contributed by atoms with E-state index >= 15 is 0 Å². The van der Waals surface area contributed by atoms with E-state index in [1.165, 1.54) is 11.9 Å². The average molecular weight is 220 g/mol. The number of nitrogens with one attached hydrogen (secondary N) is 1. The lowest BCUT2D eigenvalue weighted by Gasteiger charge is -1.99. The third kappa shape index (κ3) is 2.49. The van der Waals surface area contributed by atoms with Crippen molar-refractivity contribution in [3.8, 4) is 0 Å². The van der Waals surface area contributed by atoms with Crippen LogP contribution < -0.4 is 5.32 Å². The Kier molecular flexibility index (Phi) is 3.36. The highest BCUT2D eigenvalue weighted by Gasteiger charge is 2.07. The van der Waals surface area contributed by atoms with E-state index in [1.54, 1.807) is 11.0 Å². The Labute approximate surface area is 94.5 Å². The van der Waals surface area contributed by atoms with Crippen molar-refractivity contribution in [2.45, 2.75) is 26.9 Å². The van der Waals surface area contributed by atoms with Crippen LogP contribution in [0.4, 0.5) is 0 Å². The molecule has 0 amide bonds. The predicted octanol–water partition coefficient (Wildman–Crippen LogP) is 1.34. The van der Waals surface area contributed by atoms with Crippen LogP contribution in [0, 0.1) is 6.92 Å². The zero-order valence-electron chi connectivity index (χ0n) is 9.60. The second kappa shape index (κ2) is 4.94. The smallest absolute Gasteiger partial charge is 0.137 e. The lowest BCUT2D eigenvalue weighted by Crippen LogP contribution is -2.11. The normalized spacial score (nSPS) is 10.9. The number of nitrogens with zero attached hydrogens (tertiary/aromatic N) is 3. The summed E-state index contributed by atoms with van der Waals surface area (Å²) in [5.41, 5.74) is 1.18. The fourth-order valence-corrected chi connectivity index (χ4v) is 1.56. The summed E-state index contributed by atoms with van der Waals surface area (Å²) >= 11 is 0. The molecular weight excluding hydrogens is 204 g/mol. The van der Waals surface area contributed by atoms with Gasteiger partial charge < -0.3 is 9.73 Å². The highest BCUT2D eigenvalue weighted by molar-refractivity contribution is 5.20. The molecule has 2 heterocycles. The molecule has 0 spiro atoms. The minimum atomic E-state index is 0.632. The SMILES string of the molecule is CCNCc1oc(Cn2cncn2)cc1C. The van der Waals surface area contributed by atoms with Crippen LogP contribution in [0.5, 0.6) is 0 Å². The van der Waals surface area contributed by atoms with E-state index < -0.39 is 0 Å². The Hall–Kier alpha value is -1.62. The Morgan fingerprint density at radius 2 is 2.38 bits per heavy atom. The van der Waals surface area contributed by atoms with Crippen molar-refractivity contribution in [1.29, 1.82) is 0 Å². The maximum Gasteiger partial charge on any atom is 0.137 e.